The average molecular weight is 624 g/mol. The summed E-state index contributed by atoms with van der Waals surface area (Å²) in [6, 6.07) is -1.50. The van der Waals surface area contributed by atoms with Crippen LogP contribution in [0, 0.1) is 11.3 Å². The van der Waals surface area contributed by atoms with Crippen molar-refractivity contribution in [2.24, 2.45) is 11.7 Å². The van der Waals surface area contributed by atoms with Gasteiger partial charge in [-0.1, -0.05) is 0 Å². The molecule has 1 aliphatic carbocycles. The number of carbonyl (C=O) groups excluding carboxylic acids is 3. The zero-order valence-electron chi connectivity index (χ0n) is 24.0. The topological polar surface area (TPSA) is 242 Å². The molecule has 0 aromatic carbocycles. The Labute approximate surface area is 250 Å². The van der Waals surface area contributed by atoms with E-state index in [9.17, 15) is 22.8 Å². The highest BCUT2D eigenvalue weighted by molar-refractivity contribution is 7.87. The number of carbonyl (C=O) groups is 3. The van der Waals surface area contributed by atoms with Crippen LogP contribution in [0.5, 0.6) is 0 Å². The normalized spacial score (nSPS) is 20.2. The summed E-state index contributed by atoms with van der Waals surface area (Å²) < 4.78 is 35.4. The van der Waals surface area contributed by atoms with Gasteiger partial charge in [0.15, 0.2) is 17.5 Å². The number of anilines is 1. The number of rotatable bonds is 13. The third-order valence-corrected chi connectivity index (χ3v) is 9.21. The molecule has 1 aromatic rings. The molecule has 238 valence electrons. The number of guanidine groups is 1. The first-order chi connectivity index (χ1) is 20.5. The van der Waals surface area contributed by atoms with E-state index in [2.05, 4.69) is 25.3 Å². The molecular weight excluding hydrogens is 582 g/mol. The van der Waals surface area contributed by atoms with Crippen molar-refractivity contribution < 1.29 is 27.5 Å². The van der Waals surface area contributed by atoms with E-state index in [1.54, 1.807) is 4.90 Å². The number of aromatic nitrogens is 2. The van der Waals surface area contributed by atoms with Crippen molar-refractivity contribution in [1.82, 2.24) is 39.4 Å². The molecule has 2 saturated heterocycles. The Balaban J connectivity index is 1.41. The Kier molecular flexibility index (Phi) is 11.1. The number of likely N-dealkylation sites (tertiary alicyclic amines) is 1. The first-order valence-electron chi connectivity index (χ1n) is 14.4. The zero-order valence-corrected chi connectivity index (χ0v) is 24.9. The van der Waals surface area contributed by atoms with Crippen molar-refractivity contribution in [2.45, 2.75) is 44.2 Å². The van der Waals surface area contributed by atoms with Gasteiger partial charge in [-0.2, -0.15) is 17.4 Å². The summed E-state index contributed by atoms with van der Waals surface area (Å²) >= 11 is 0. The van der Waals surface area contributed by atoms with Gasteiger partial charge in [0.2, 0.25) is 11.8 Å². The number of ether oxygens (including phenoxy) is 1. The first-order valence-corrected chi connectivity index (χ1v) is 15.8. The van der Waals surface area contributed by atoms with Gasteiger partial charge in [-0.05, 0) is 31.6 Å². The highest BCUT2D eigenvalue weighted by Gasteiger charge is 2.39. The molecule has 0 bridgehead atoms. The monoisotopic (exact) mass is 623 g/mol. The van der Waals surface area contributed by atoms with Crippen LogP contribution in [0.2, 0.25) is 0 Å². The van der Waals surface area contributed by atoms with E-state index in [1.165, 1.54) is 21.6 Å². The molecule has 2 aliphatic heterocycles. The maximum atomic E-state index is 13.8. The smallest absolute Gasteiger partial charge is 0.280 e. The van der Waals surface area contributed by atoms with Gasteiger partial charge in [-0.15, -0.1) is 0 Å². The van der Waals surface area contributed by atoms with Crippen LogP contribution in [0.25, 0.3) is 0 Å². The largest absolute Gasteiger partial charge is 0.382 e. The molecule has 8 N–H and O–H groups in total. The summed E-state index contributed by atoms with van der Waals surface area (Å²) in [5.74, 6) is -1.57. The van der Waals surface area contributed by atoms with Gasteiger partial charge in [-0.3, -0.25) is 19.8 Å². The minimum Gasteiger partial charge on any atom is -0.382 e. The summed E-state index contributed by atoms with van der Waals surface area (Å²) in [6.07, 6.45) is 5.42. The summed E-state index contributed by atoms with van der Waals surface area (Å²) in [5, 5.41) is 13.2. The first kappa shape index (κ1) is 32.3. The van der Waals surface area contributed by atoms with Crippen LogP contribution in [0.15, 0.2) is 12.4 Å². The molecule has 0 spiro atoms. The van der Waals surface area contributed by atoms with Crippen LogP contribution in [0.3, 0.4) is 0 Å². The summed E-state index contributed by atoms with van der Waals surface area (Å²) in [5.41, 5.74) is 11.3. The molecule has 0 unspecified atom stereocenters. The quantitative estimate of drug-likeness (QED) is 0.0985. The van der Waals surface area contributed by atoms with Crippen molar-refractivity contribution in [3.8, 4) is 0 Å². The zero-order chi connectivity index (χ0) is 31.0. The Hall–Kier alpha value is -3.61. The molecule has 17 nitrogen and oxygen atoms in total. The molecule has 3 amide bonds. The van der Waals surface area contributed by atoms with Gasteiger partial charge in [0.25, 0.3) is 16.1 Å². The molecule has 2 atom stereocenters. The highest BCUT2D eigenvalue weighted by Crippen LogP contribution is 2.27. The van der Waals surface area contributed by atoms with E-state index in [-0.39, 0.29) is 68.8 Å². The van der Waals surface area contributed by atoms with Crippen molar-refractivity contribution in [1.29, 1.82) is 5.41 Å². The molecule has 1 aromatic heterocycles. The standard InChI is InChI=1S/C25H41N11O6S/c26-22-21(29-5-6-30-22)23(38)31-7-9-36(18-3-4-18)24(39)19(33-43(40,41)35-10-12-42-13-11-35)14-20(37)32-15-17-2-1-8-34(16-17)25(27)28/h5-6,17-19,33H,1-4,7-16H2,(H2,26,30)(H3,27,28)(H,31,38)(H,32,37)/t17-,19-/m0/s1. The van der Waals surface area contributed by atoms with Crippen LogP contribution in [0.1, 0.15) is 42.6 Å². The fourth-order valence-electron chi connectivity index (χ4n) is 5.14. The van der Waals surface area contributed by atoms with E-state index in [0.717, 1.165) is 25.7 Å². The molecular formula is C25H41N11O6S. The molecule has 4 rings (SSSR count). The maximum absolute atomic E-state index is 13.8. The number of nitrogens with zero attached hydrogens (tertiary/aromatic N) is 5. The summed E-state index contributed by atoms with van der Waals surface area (Å²) in [7, 11) is -4.11. The maximum Gasteiger partial charge on any atom is 0.280 e. The van der Waals surface area contributed by atoms with Crippen LogP contribution in [0.4, 0.5) is 5.82 Å². The SMILES string of the molecule is N=C(N)N1CCC[C@@H](CNC(=O)C[C@H](NS(=O)(=O)N2CCOCC2)C(=O)N(CCNC(=O)c2nccnc2N)C2CC2)C1. The Morgan fingerprint density at radius 1 is 1.12 bits per heavy atom. The predicted molar refractivity (Wildman–Crippen MR) is 156 cm³/mol. The third-order valence-electron chi connectivity index (χ3n) is 7.59. The number of nitrogens with two attached hydrogens (primary N) is 2. The molecule has 18 heteroatoms. The van der Waals surface area contributed by atoms with E-state index in [1.807, 2.05) is 0 Å². The lowest BCUT2D eigenvalue weighted by molar-refractivity contribution is -0.136. The minimum atomic E-state index is -4.11. The number of nitrogens with one attached hydrogen (secondary N) is 4. The summed E-state index contributed by atoms with van der Waals surface area (Å²) in [6.45, 7) is 2.37. The van der Waals surface area contributed by atoms with Gasteiger partial charge >= 0.3 is 0 Å². The minimum absolute atomic E-state index is 0.0178. The van der Waals surface area contributed by atoms with E-state index < -0.39 is 40.4 Å². The highest BCUT2D eigenvalue weighted by atomic mass is 32.2. The van der Waals surface area contributed by atoms with E-state index >= 15 is 0 Å². The number of hydrogen-bond acceptors (Lipinski definition) is 10. The third kappa shape index (κ3) is 9.19. The van der Waals surface area contributed by atoms with Gasteiger partial charge in [-0.25, -0.2) is 9.97 Å². The van der Waals surface area contributed by atoms with Gasteiger partial charge in [0.05, 0.1) is 19.6 Å². The summed E-state index contributed by atoms with van der Waals surface area (Å²) in [4.78, 5) is 50.4. The Morgan fingerprint density at radius 3 is 2.51 bits per heavy atom. The van der Waals surface area contributed by atoms with Gasteiger partial charge in [0, 0.05) is 64.2 Å². The van der Waals surface area contributed by atoms with Gasteiger partial charge in [0.1, 0.15) is 6.04 Å². The van der Waals surface area contributed by atoms with Crippen LogP contribution < -0.4 is 26.8 Å². The lowest BCUT2D eigenvalue weighted by Crippen LogP contribution is -2.56. The molecule has 3 heterocycles. The molecule has 3 aliphatic rings. The van der Waals surface area contributed by atoms with Crippen LogP contribution in [-0.4, -0.2) is 127 Å². The second-order valence-corrected chi connectivity index (χ2v) is 12.5. The second kappa shape index (κ2) is 14.7. The van der Waals surface area contributed by atoms with Gasteiger partial charge < -0.3 is 36.6 Å². The van der Waals surface area contributed by atoms with Crippen molar-refractivity contribution in [2.75, 3.05) is 64.8 Å². The average Bonchev–Trinajstić information content (AvgIpc) is 3.84. The molecule has 1 saturated carbocycles. The Bertz CT molecular complexity index is 1270. The second-order valence-electron chi connectivity index (χ2n) is 10.8. The van der Waals surface area contributed by atoms with Crippen molar-refractivity contribution in [3.63, 3.8) is 0 Å². The Morgan fingerprint density at radius 2 is 1.84 bits per heavy atom. The number of hydrogen-bond donors (Lipinski definition) is 6. The van der Waals surface area contributed by atoms with E-state index in [0.29, 0.717) is 19.6 Å². The number of amides is 3. The molecule has 43 heavy (non-hydrogen) atoms. The number of morpholine rings is 1. The lowest BCUT2D eigenvalue weighted by Gasteiger charge is -2.33. The predicted octanol–water partition coefficient (Wildman–Crippen LogP) is -2.57. The van der Waals surface area contributed by atoms with Crippen molar-refractivity contribution >= 4 is 39.7 Å². The fourth-order valence-corrected chi connectivity index (χ4v) is 6.47. The number of nitrogen functional groups attached to an aromatic ring is 1. The fraction of sp³-hybridized carbons (Fsp3) is 0.680. The van der Waals surface area contributed by atoms with Crippen molar-refractivity contribution in [3.05, 3.63) is 18.1 Å². The molecule has 0 radical (unpaired) electrons. The van der Waals surface area contributed by atoms with E-state index in [4.69, 9.17) is 21.6 Å². The van der Waals surface area contributed by atoms with Crippen LogP contribution >= 0.6 is 0 Å². The lowest BCUT2D eigenvalue weighted by atomic mass is 9.98. The molecule has 3 fully saturated rings. The number of piperidine rings is 1. The van der Waals surface area contributed by atoms with Crippen LogP contribution in [-0.2, 0) is 24.5 Å².